The minimum absolute atomic E-state index is 0.202. The van der Waals surface area contributed by atoms with Crippen LogP contribution < -0.4 is 10.1 Å². The number of hydrogen-bond donors (Lipinski definition) is 1. The molecular formula is C21H24Cl2N2O3. The third-order valence-corrected chi connectivity index (χ3v) is 5.17. The summed E-state index contributed by atoms with van der Waals surface area (Å²) in [6, 6.07) is 13.1. The van der Waals surface area contributed by atoms with E-state index in [4.69, 9.17) is 32.7 Å². The van der Waals surface area contributed by atoms with Gasteiger partial charge in [0.1, 0.15) is 5.75 Å². The van der Waals surface area contributed by atoms with Crippen LogP contribution in [-0.4, -0.2) is 43.2 Å². The van der Waals surface area contributed by atoms with Crippen molar-refractivity contribution in [2.45, 2.75) is 26.1 Å². The Labute approximate surface area is 175 Å². The molecule has 2 aromatic rings. The fraction of sp³-hybridized carbons (Fsp3) is 0.381. The van der Waals surface area contributed by atoms with Crippen molar-refractivity contribution in [1.29, 1.82) is 0 Å². The predicted octanol–water partition coefficient (Wildman–Crippen LogP) is 3.91. The monoisotopic (exact) mass is 422 g/mol. The van der Waals surface area contributed by atoms with Gasteiger partial charge in [-0.05, 0) is 36.2 Å². The van der Waals surface area contributed by atoms with Gasteiger partial charge in [0.05, 0.1) is 18.2 Å². The van der Waals surface area contributed by atoms with E-state index in [1.54, 1.807) is 25.1 Å². The lowest BCUT2D eigenvalue weighted by molar-refractivity contribution is -0.127. The second-order valence-electron chi connectivity index (χ2n) is 6.71. The quantitative estimate of drug-likeness (QED) is 0.734. The summed E-state index contributed by atoms with van der Waals surface area (Å²) >= 11 is 12.0. The average Bonchev–Trinajstić information content (AvgIpc) is 2.70. The summed E-state index contributed by atoms with van der Waals surface area (Å²) in [6.45, 7) is 6.37. The van der Waals surface area contributed by atoms with Crippen LogP contribution >= 0.6 is 23.2 Å². The van der Waals surface area contributed by atoms with E-state index in [1.807, 2.05) is 18.2 Å². The first-order chi connectivity index (χ1) is 13.5. The zero-order valence-corrected chi connectivity index (χ0v) is 17.3. The van der Waals surface area contributed by atoms with Crippen LogP contribution in [0.25, 0.3) is 0 Å². The molecule has 1 saturated heterocycles. The molecule has 1 unspecified atom stereocenters. The van der Waals surface area contributed by atoms with Gasteiger partial charge in [-0.15, -0.1) is 0 Å². The first kappa shape index (κ1) is 20.9. The standard InChI is InChI=1S/C21H24Cl2N2O3/c1-15(28-20-7-6-18(22)12-19(20)23)21(26)24-13-16-4-2-3-5-17(16)14-25-8-10-27-11-9-25/h2-7,12,15H,8-11,13-14H2,1H3,(H,24,26). The maximum Gasteiger partial charge on any atom is 0.261 e. The van der Waals surface area contributed by atoms with E-state index in [-0.39, 0.29) is 5.91 Å². The van der Waals surface area contributed by atoms with E-state index >= 15 is 0 Å². The van der Waals surface area contributed by atoms with Crippen molar-refractivity contribution in [2.75, 3.05) is 26.3 Å². The fourth-order valence-electron chi connectivity index (χ4n) is 3.03. The van der Waals surface area contributed by atoms with Gasteiger partial charge >= 0.3 is 0 Å². The van der Waals surface area contributed by atoms with Gasteiger partial charge in [0.2, 0.25) is 0 Å². The molecule has 5 nitrogen and oxygen atoms in total. The predicted molar refractivity (Wildman–Crippen MR) is 111 cm³/mol. The molecule has 1 heterocycles. The number of halogens is 2. The molecule has 0 aromatic heterocycles. The van der Waals surface area contributed by atoms with E-state index < -0.39 is 6.10 Å². The number of carbonyl (C=O) groups excluding carboxylic acids is 1. The molecule has 1 N–H and O–H groups in total. The second kappa shape index (κ2) is 10.1. The van der Waals surface area contributed by atoms with Crippen LogP contribution in [0, 0.1) is 0 Å². The van der Waals surface area contributed by atoms with Crippen LogP contribution in [0.3, 0.4) is 0 Å². The van der Waals surface area contributed by atoms with E-state index in [9.17, 15) is 4.79 Å². The fourth-order valence-corrected chi connectivity index (χ4v) is 3.48. The molecule has 1 aliphatic rings. The van der Waals surface area contributed by atoms with Crippen LogP contribution in [0.15, 0.2) is 42.5 Å². The van der Waals surface area contributed by atoms with Gasteiger partial charge in [-0.25, -0.2) is 0 Å². The van der Waals surface area contributed by atoms with Gasteiger partial charge in [0.25, 0.3) is 5.91 Å². The van der Waals surface area contributed by atoms with E-state index in [0.717, 1.165) is 38.4 Å². The summed E-state index contributed by atoms with van der Waals surface area (Å²) in [4.78, 5) is 14.8. The molecular weight excluding hydrogens is 399 g/mol. The first-order valence-corrected chi connectivity index (χ1v) is 10.0. The molecule has 0 saturated carbocycles. The SMILES string of the molecule is CC(Oc1ccc(Cl)cc1Cl)C(=O)NCc1ccccc1CN1CCOCC1. The van der Waals surface area contributed by atoms with Crippen molar-refractivity contribution < 1.29 is 14.3 Å². The Morgan fingerprint density at radius 2 is 1.89 bits per heavy atom. The highest BCUT2D eigenvalue weighted by Gasteiger charge is 2.17. The first-order valence-electron chi connectivity index (χ1n) is 9.29. The molecule has 150 valence electrons. The van der Waals surface area contributed by atoms with Crippen molar-refractivity contribution in [2.24, 2.45) is 0 Å². The molecule has 0 bridgehead atoms. The lowest BCUT2D eigenvalue weighted by atomic mass is 10.1. The number of carbonyl (C=O) groups is 1. The molecule has 28 heavy (non-hydrogen) atoms. The summed E-state index contributed by atoms with van der Waals surface area (Å²) < 4.78 is 11.1. The average molecular weight is 423 g/mol. The van der Waals surface area contributed by atoms with Gasteiger partial charge in [0.15, 0.2) is 6.10 Å². The Hall–Kier alpha value is -1.79. The molecule has 1 amide bonds. The maximum absolute atomic E-state index is 12.5. The molecule has 7 heteroatoms. The highest BCUT2D eigenvalue weighted by atomic mass is 35.5. The van der Waals surface area contributed by atoms with Crippen molar-refractivity contribution in [3.63, 3.8) is 0 Å². The normalized spacial score (nSPS) is 15.8. The Balaban J connectivity index is 1.56. The van der Waals surface area contributed by atoms with Gasteiger partial charge in [-0.2, -0.15) is 0 Å². The summed E-state index contributed by atoms with van der Waals surface area (Å²) in [5.41, 5.74) is 2.30. The Morgan fingerprint density at radius 3 is 2.61 bits per heavy atom. The van der Waals surface area contributed by atoms with Gasteiger partial charge in [-0.1, -0.05) is 47.5 Å². The summed E-state index contributed by atoms with van der Waals surface area (Å²) in [7, 11) is 0. The van der Waals surface area contributed by atoms with Crippen molar-refractivity contribution in [3.05, 3.63) is 63.6 Å². The number of benzene rings is 2. The van der Waals surface area contributed by atoms with Crippen LogP contribution in [0.2, 0.25) is 10.0 Å². The van der Waals surface area contributed by atoms with Crippen LogP contribution in [0.4, 0.5) is 0 Å². The third-order valence-electron chi connectivity index (χ3n) is 4.64. The molecule has 0 aliphatic carbocycles. The molecule has 0 spiro atoms. The maximum atomic E-state index is 12.5. The Bertz CT molecular complexity index is 810. The number of rotatable bonds is 7. The van der Waals surface area contributed by atoms with Gasteiger partial charge in [0, 0.05) is 31.2 Å². The highest BCUT2D eigenvalue weighted by Crippen LogP contribution is 2.28. The number of nitrogens with one attached hydrogen (secondary N) is 1. The zero-order valence-electron chi connectivity index (χ0n) is 15.8. The highest BCUT2D eigenvalue weighted by molar-refractivity contribution is 6.35. The van der Waals surface area contributed by atoms with Crippen molar-refractivity contribution in [3.8, 4) is 5.75 Å². The second-order valence-corrected chi connectivity index (χ2v) is 7.55. The Kier molecular flexibility index (Phi) is 7.57. The van der Waals surface area contributed by atoms with Gasteiger partial charge in [-0.3, -0.25) is 9.69 Å². The smallest absolute Gasteiger partial charge is 0.261 e. The Morgan fingerprint density at radius 1 is 1.18 bits per heavy atom. The van der Waals surface area contributed by atoms with Crippen molar-refractivity contribution >= 4 is 29.1 Å². The van der Waals surface area contributed by atoms with E-state index in [2.05, 4.69) is 16.3 Å². The van der Waals surface area contributed by atoms with Gasteiger partial charge < -0.3 is 14.8 Å². The van der Waals surface area contributed by atoms with Crippen LogP contribution in [0.1, 0.15) is 18.1 Å². The minimum atomic E-state index is -0.676. The number of amides is 1. The molecule has 1 fully saturated rings. The molecule has 3 rings (SSSR count). The summed E-state index contributed by atoms with van der Waals surface area (Å²) in [6.07, 6.45) is -0.676. The number of nitrogens with zero attached hydrogens (tertiary/aromatic N) is 1. The third kappa shape index (κ3) is 5.85. The number of hydrogen-bond acceptors (Lipinski definition) is 4. The molecule has 1 aliphatic heterocycles. The largest absolute Gasteiger partial charge is 0.479 e. The van der Waals surface area contributed by atoms with E-state index in [1.165, 1.54) is 5.56 Å². The lowest BCUT2D eigenvalue weighted by Crippen LogP contribution is -2.37. The lowest BCUT2D eigenvalue weighted by Gasteiger charge is -2.27. The van der Waals surface area contributed by atoms with Crippen molar-refractivity contribution in [1.82, 2.24) is 10.2 Å². The minimum Gasteiger partial charge on any atom is -0.479 e. The van der Waals surface area contributed by atoms with Crippen LogP contribution in [0.5, 0.6) is 5.75 Å². The van der Waals surface area contributed by atoms with Crippen LogP contribution in [-0.2, 0) is 22.6 Å². The zero-order chi connectivity index (χ0) is 19.9. The van der Waals surface area contributed by atoms with E-state index in [0.29, 0.717) is 22.3 Å². The molecule has 2 aromatic carbocycles. The topological polar surface area (TPSA) is 50.8 Å². The molecule has 0 radical (unpaired) electrons. The molecule has 1 atom stereocenters. The number of morpholine rings is 1. The summed E-state index contributed by atoms with van der Waals surface area (Å²) in [5.74, 6) is 0.230. The number of ether oxygens (including phenoxy) is 2. The summed E-state index contributed by atoms with van der Waals surface area (Å²) in [5, 5.41) is 3.85.